The molecule has 3 aliphatic heterocycles. The summed E-state index contributed by atoms with van der Waals surface area (Å²) < 4.78 is 18.6. The quantitative estimate of drug-likeness (QED) is 0.104. The molecule has 0 unspecified atom stereocenters. The summed E-state index contributed by atoms with van der Waals surface area (Å²) in [6.45, 7) is 4.45. The highest BCUT2D eigenvalue weighted by molar-refractivity contribution is 5.75. The van der Waals surface area contributed by atoms with E-state index in [1.807, 2.05) is 12.1 Å². The lowest BCUT2D eigenvalue weighted by molar-refractivity contribution is -0.209. The number of piperidine rings is 2. The van der Waals surface area contributed by atoms with Crippen LogP contribution in [0, 0.1) is 17.8 Å². The van der Waals surface area contributed by atoms with E-state index >= 15 is 0 Å². The van der Waals surface area contributed by atoms with Gasteiger partial charge in [-0.05, 0) is 156 Å². The summed E-state index contributed by atoms with van der Waals surface area (Å²) in [4.78, 5) is 31.6. The number of ether oxygens (including phenoxy) is 3. The fourth-order valence-corrected chi connectivity index (χ4v) is 14.9. The van der Waals surface area contributed by atoms with Crippen LogP contribution in [0.15, 0.2) is 30.3 Å². The van der Waals surface area contributed by atoms with E-state index in [0.29, 0.717) is 43.2 Å². The van der Waals surface area contributed by atoms with E-state index in [4.69, 9.17) is 14.2 Å². The number of fused-ring (bicyclic) bond motifs is 1. The Hall–Kier alpha value is -2.98. The Morgan fingerprint density at radius 2 is 1.43 bits per heavy atom. The fourth-order valence-electron chi connectivity index (χ4n) is 14.9. The van der Waals surface area contributed by atoms with E-state index in [2.05, 4.69) is 28.0 Å². The van der Waals surface area contributed by atoms with Crippen molar-refractivity contribution in [2.45, 2.75) is 195 Å². The van der Waals surface area contributed by atoms with Crippen LogP contribution >= 0.6 is 0 Å². The molecule has 2 N–H and O–H groups in total. The summed E-state index contributed by atoms with van der Waals surface area (Å²) in [5.41, 5.74) is 3.73. The predicted molar refractivity (Wildman–Crippen MR) is 233 cm³/mol. The minimum atomic E-state index is -0.975. The van der Waals surface area contributed by atoms with Gasteiger partial charge in [0.25, 0.3) is 0 Å². The first-order valence-electron chi connectivity index (χ1n) is 25.0. The number of unbranched alkanes of at least 4 members (excludes halogenated alkanes) is 5. The molecule has 9 aliphatic rings. The van der Waals surface area contributed by atoms with Crippen molar-refractivity contribution in [1.29, 1.82) is 0 Å². The molecule has 3 heterocycles. The van der Waals surface area contributed by atoms with Crippen molar-refractivity contribution in [2.75, 3.05) is 26.2 Å². The Labute approximate surface area is 363 Å². The van der Waals surface area contributed by atoms with Gasteiger partial charge in [-0.15, -0.1) is 0 Å². The standard InChI is InChI=1S/C52H70N2O7/c55-42-22-24-52(58)44-30-37-19-21-43(48-47(37)51(52,49(42)61-48)26-28-54(44)33-35-13-10-14-35)60-46(57)17-6-4-2-1-3-5-16-45(56)59-38-20-18-36-29-41-39-15-7-8-23-50(39,40(36)31-38)25-27-53(41)32-34-11-9-12-34/h18-21,31,34-35,39,41-42,44,49,55,58H,1-17,22-30,32-33H2/t39-,41-,42-,44+,49-,50-,51-,52+/m0/s1. The van der Waals surface area contributed by atoms with Gasteiger partial charge in [0, 0.05) is 49.0 Å². The third kappa shape index (κ3) is 6.83. The molecule has 61 heavy (non-hydrogen) atoms. The van der Waals surface area contributed by atoms with E-state index in [-0.39, 0.29) is 23.4 Å². The lowest BCUT2D eigenvalue weighted by atomic mass is 9.48. The van der Waals surface area contributed by atoms with E-state index in [9.17, 15) is 19.8 Å². The van der Waals surface area contributed by atoms with Crippen LogP contribution in [0.5, 0.6) is 17.2 Å². The van der Waals surface area contributed by atoms with E-state index in [1.54, 1.807) is 0 Å². The molecule has 2 saturated heterocycles. The van der Waals surface area contributed by atoms with Crippen LogP contribution in [0.25, 0.3) is 0 Å². The van der Waals surface area contributed by atoms with Gasteiger partial charge < -0.3 is 24.4 Å². The molecule has 330 valence electrons. The summed E-state index contributed by atoms with van der Waals surface area (Å²) in [7, 11) is 0. The van der Waals surface area contributed by atoms with Gasteiger partial charge in [0.2, 0.25) is 0 Å². The van der Waals surface area contributed by atoms with Gasteiger partial charge in [-0.2, -0.15) is 0 Å². The average Bonchev–Trinajstić information content (AvgIpc) is 3.59. The molecule has 8 atom stereocenters. The van der Waals surface area contributed by atoms with Crippen LogP contribution < -0.4 is 14.2 Å². The molecule has 2 aromatic rings. The lowest BCUT2D eigenvalue weighted by Gasteiger charge is -2.64. The zero-order chi connectivity index (χ0) is 41.3. The first-order chi connectivity index (χ1) is 29.8. The summed E-state index contributed by atoms with van der Waals surface area (Å²) in [5.74, 6) is 3.68. The number of carbonyl (C=O) groups is 2. The first-order valence-corrected chi connectivity index (χ1v) is 25.0. The molecule has 4 saturated carbocycles. The van der Waals surface area contributed by atoms with Gasteiger partial charge in [-0.25, -0.2) is 0 Å². The maximum Gasteiger partial charge on any atom is 0.311 e. The number of carbonyl (C=O) groups excluding carboxylic acids is 2. The van der Waals surface area contributed by atoms with Crippen LogP contribution in [0.3, 0.4) is 0 Å². The molecule has 0 aromatic heterocycles. The predicted octanol–water partition coefficient (Wildman–Crippen LogP) is 8.49. The number of hydrogen-bond donors (Lipinski definition) is 2. The van der Waals surface area contributed by atoms with E-state index in [1.165, 1.54) is 94.8 Å². The molecule has 0 radical (unpaired) electrons. The van der Waals surface area contributed by atoms with Crippen molar-refractivity contribution in [3.05, 3.63) is 52.6 Å². The fraction of sp³-hybridized carbons (Fsp3) is 0.731. The van der Waals surface area contributed by atoms with Gasteiger partial charge in [0.1, 0.15) is 11.9 Å². The van der Waals surface area contributed by atoms with Crippen LogP contribution in [-0.4, -0.2) is 88.0 Å². The first kappa shape index (κ1) is 40.8. The molecule has 2 aromatic carbocycles. The number of hydrogen-bond acceptors (Lipinski definition) is 9. The van der Waals surface area contributed by atoms with Gasteiger partial charge in [-0.3, -0.25) is 19.4 Å². The Morgan fingerprint density at radius 1 is 0.721 bits per heavy atom. The summed E-state index contributed by atoms with van der Waals surface area (Å²) >= 11 is 0. The van der Waals surface area contributed by atoms with Crippen molar-refractivity contribution < 1.29 is 34.0 Å². The zero-order valence-corrected chi connectivity index (χ0v) is 36.6. The maximum absolute atomic E-state index is 13.2. The molecule has 4 bridgehead atoms. The largest absolute Gasteiger partial charge is 0.482 e. The van der Waals surface area contributed by atoms with Gasteiger partial charge in [-0.1, -0.05) is 63.5 Å². The van der Waals surface area contributed by atoms with Crippen LogP contribution in [-0.2, 0) is 33.3 Å². The normalized spacial score (nSPS) is 34.9. The number of benzene rings is 2. The Bertz CT molecular complexity index is 1990. The van der Waals surface area contributed by atoms with Crippen molar-refractivity contribution in [2.24, 2.45) is 17.8 Å². The molecule has 9 heteroatoms. The van der Waals surface area contributed by atoms with Crippen LogP contribution in [0.1, 0.15) is 164 Å². The molecule has 9 nitrogen and oxygen atoms in total. The van der Waals surface area contributed by atoms with Gasteiger partial charge in [0.05, 0.1) is 17.1 Å². The highest BCUT2D eigenvalue weighted by Crippen LogP contribution is 2.66. The van der Waals surface area contributed by atoms with Crippen molar-refractivity contribution in [3.63, 3.8) is 0 Å². The van der Waals surface area contributed by atoms with Gasteiger partial charge >= 0.3 is 11.9 Å². The van der Waals surface area contributed by atoms with Crippen molar-refractivity contribution in [3.8, 4) is 17.2 Å². The molecular formula is C52H70N2O7. The van der Waals surface area contributed by atoms with Crippen molar-refractivity contribution >= 4 is 11.9 Å². The van der Waals surface area contributed by atoms with Gasteiger partial charge in [0.15, 0.2) is 11.5 Å². The molecule has 0 amide bonds. The average molecular weight is 835 g/mol. The topological polar surface area (TPSA) is 109 Å². The lowest BCUT2D eigenvalue weighted by Crippen LogP contribution is -2.77. The number of likely N-dealkylation sites (tertiary alicyclic amines) is 2. The number of esters is 2. The molecule has 11 rings (SSSR count). The Morgan fingerprint density at radius 3 is 2.18 bits per heavy atom. The van der Waals surface area contributed by atoms with Crippen LogP contribution in [0.4, 0.5) is 0 Å². The minimum Gasteiger partial charge on any atom is -0.482 e. The second-order valence-corrected chi connectivity index (χ2v) is 21.4. The number of nitrogens with zero attached hydrogens (tertiary/aromatic N) is 2. The maximum atomic E-state index is 13.2. The number of rotatable bonds is 15. The summed E-state index contributed by atoms with van der Waals surface area (Å²) in [5, 5.41) is 23.9. The zero-order valence-electron chi connectivity index (χ0n) is 36.6. The third-order valence-electron chi connectivity index (χ3n) is 18.4. The summed E-state index contributed by atoms with van der Waals surface area (Å²) in [6.07, 6.45) is 23.3. The number of aliphatic hydroxyl groups is 2. The second-order valence-electron chi connectivity index (χ2n) is 21.4. The molecular weight excluding hydrogens is 765 g/mol. The minimum absolute atomic E-state index is 0.0119. The molecule has 6 fully saturated rings. The van der Waals surface area contributed by atoms with Crippen molar-refractivity contribution in [1.82, 2.24) is 9.80 Å². The number of aliphatic hydroxyl groups excluding tert-OH is 1. The third-order valence-corrected chi connectivity index (χ3v) is 18.4. The SMILES string of the molecule is O=C(CCCCCCCCC(=O)Oc1ccc2c3c1O[C@H]1[C@@H](O)CC[C@@]4(O)[C@@H](C2)N(CC2CCC2)CC[C@]314)Oc1ccc2c(c1)[C@]13CCCC[C@H]1[C@H](C2)N(CC1CCC1)CC3. The summed E-state index contributed by atoms with van der Waals surface area (Å²) in [6, 6.07) is 11.2. The highest BCUT2D eigenvalue weighted by Gasteiger charge is 2.73. The van der Waals surface area contributed by atoms with Crippen LogP contribution in [0.2, 0.25) is 0 Å². The van der Waals surface area contributed by atoms with E-state index in [0.717, 1.165) is 106 Å². The van der Waals surface area contributed by atoms with E-state index < -0.39 is 23.2 Å². The highest BCUT2D eigenvalue weighted by atomic mass is 16.6. The Kier molecular flexibility index (Phi) is 10.8. The second kappa shape index (κ2) is 16.2. The molecule has 1 spiro atoms. The molecule has 6 aliphatic carbocycles. The monoisotopic (exact) mass is 835 g/mol. The Balaban J connectivity index is 0.637. The smallest absolute Gasteiger partial charge is 0.311 e.